The maximum atomic E-state index is 11.6. The monoisotopic (exact) mass is 175 g/mol. The van der Waals surface area contributed by atoms with E-state index in [1.165, 1.54) is 0 Å². The van der Waals surface area contributed by atoms with Crippen LogP contribution in [0.15, 0.2) is 18.2 Å². The molecule has 2 rings (SSSR count). The van der Waals surface area contributed by atoms with Gasteiger partial charge in [-0.1, -0.05) is 11.6 Å². The minimum atomic E-state index is 0.267. The normalized spacial score (nSPS) is 15.9. The highest BCUT2D eigenvalue weighted by molar-refractivity contribution is 6.01. The first-order valence-corrected chi connectivity index (χ1v) is 4.65. The van der Waals surface area contributed by atoms with Gasteiger partial charge in [-0.25, -0.2) is 0 Å². The summed E-state index contributed by atoms with van der Waals surface area (Å²) in [5, 5.41) is 3.26. The topological polar surface area (TPSA) is 29.1 Å². The molecule has 13 heavy (non-hydrogen) atoms. The molecule has 0 bridgehead atoms. The van der Waals surface area contributed by atoms with Crippen LogP contribution in [0.2, 0.25) is 0 Å². The number of rotatable bonds is 0. The van der Waals surface area contributed by atoms with Gasteiger partial charge in [0.05, 0.1) is 0 Å². The zero-order chi connectivity index (χ0) is 9.26. The molecule has 0 spiro atoms. The van der Waals surface area contributed by atoms with Gasteiger partial charge >= 0.3 is 0 Å². The van der Waals surface area contributed by atoms with Gasteiger partial charge in [0.15, 0.2) is 5.78 Å². The lowest BCUT2D eigenvalue weighted by atomic mass is 10.0. The Bertz CT molecular complexity index is 344. The third-order valence-corrected chi connectivity index (χ3v) is 2.37. The number of anilines is 1. The zero-order valence-electron chi connectivity index (χ0n) is 7.76. The fraction of sp³-hybridized carbons (Fsp3) is 0.364. The van der Waals surface area contributed by atoms with Crippen molar-refractivity contribution in [1.29, 1.82) is 0 Å². The van der Waals surface area contributed by atoms with Crippen LogP contribution in [0.25, 0.3) is 0 Å². The van der Waals surface area contributed by atoms with E-state index in [2.05, 4.69) is 5.32 Å². The summed E-state index contributed by atoms with van der Waals surface area (Å²) in [6.45, 7) is 2.92. The summed E-state index contributed by atoms with van der Waals surface area (Å²) in [6.07, 6.45) is 1.61. The largest absolute Gasteiger partial charge is 0.384 e. The average Bonchev–Trinajstić information content (AvgIpc) is 2.29. The lowest BCUT2D eigenvalue weighted by Gasteiger charge is -2.06. The number of Topliss-reactive ketones (excluding diaryl/α,β-unsaturated/α-hetero) is 1. The van der Waals surface area contributed by atoms with Gasteiger partial charge in [-0.05, 0) is 25.5 Å². The van der Waals surface area contributed by atoms with Crippen LogP contribution in [0.5, 0.6) is 0 Å². The van der Waals surface area contributed by atoms with Crippen LogP contribution in [-0.2, 0) is 0 Å². The minimum absolute atomic E-state index is 0.267. The van der Waals surface area contributed by atoms with Crippen LogP contribution < -0.4 is 5.32 Å². The first-order chi connectivity index (χ1) is 6.27. The average molecular weight is 175 g/mol. The van der Waals surface area contributed by atoms with Gasteiger partial charge < -0.3 is 5.32 Å². The summed E-state index contributed by atoms with van der Waals surface area (Å²) < 4.78 is 0. The molecule has 1 aromatic rings. The molecule has 0 unspecified atom stereocenters. The summed E-state index contributed by atoms with van der Waals surface area (Å²) in [5.41, 5.74) is 3.00. The van der Waals surface area contributed by atoms with Crippen LogP contribution >= 0.6 is 0 Å². The maximum absolute atomic E-state index is 11.6. The van der Waals surface area contributed by atoms with Crippen LogP contribution in [-0.4, -0.2) is 12.3 Å². The predicted molar refractivity (Wildman–Crippen MR) is 53.2 cm³/mol. The van der Waals surface area contributed by atoms with Crippen LogP contribution in [0.4, 0.5) is 5.69 Å². The van der Waals surface area contributed by atoms with Gasteiger partial charge in [-0.15, -0.1) is 0 Å². The number of benzene rings is 1. The van der Waals surface area contributed by atoms with Crippen molar-refractivity contribution in [2.24, 2.45) is 0 Å². The number of fused-ring (bicyclic) bond motifs is 1. The summed E-state index contributed by atoms with van der Waals surface area (Å²) in [4.78, 5) is 11.6. The van der Waals surface area contributed by atoms with Crippen molar-refractivity contribution < 1.29 is 4.79 Å². The van der Waals surface area contributed by atoms with E-state index in [0.29, 0.717) is 6.42 Å². The number of ketones is 1. The Morgan fingerprint density at radius 1 is 1.38 bits per heavy atom. The van der Waals surface area contributed by atoms with Gasteiger partial charge in [0.1, 0.15) is 0 Å². The predicted octanol–water partition coefficient (Wildman–Crippen LogP) is 2.38. The fourth-order valence-electron chi connectivity index (χ4n) is 1.65. The molecule has 0 saturated carbocycles. The smallest absolute Gasteiger partial charge is 0.165 e. The number of hydrogen-bond acceptors (Lipinski definition) is 2. The highest BCUT2D eigenvalue weighted by Crippen LogP contribution is 2.22. The van der Waals surface area contributed by atoms with E-state index in [1.807, 2.05) is 25.1 Å². The zero-order valence-corrected chi connectivity index (χ0v) is 7.76. The molecular formula is C11H13NO. The van der Waals surface area contributed by atoms with Crippen molar-refractivity contribution in [2.45, 2.75) is 19.8 Å². The number of carbonyl (C=O) groups is 1. The molecule has 0 saturated heterocycles. The van der Waals surface area contributed by atoms with Crippen LogP contribution in [0.3, 0.4) is 0 Å². The van der Waals surface area contributed by atoms with Crippen molar-refractivity contribution in [3.05, 3.63) is 29.3 Å². The van der Waals surface area contributed by atoms with Gasteiger partial charge in [-0.2, -0.15) is 0 Å². The molecule has 68 valence electrons. The van der Waals surface area contributed by atoms with Crippen molar-refractivity contribution in [2.75, 3.05) is 11.9 Å². The first-order valence-electron chi connectivity index (χ1n) is 4.65. The molecule has 0 aromatic heterocycles. The van der Waals surface area contributed by atoms with E-state index in [4.69, 9.17) is 0 Å². The van der Waals surface area contributed by atoms with E-state index < -0.39 is 0 Å². The molecule has 1 aliphatic heterocycles. The third-order valence-electron chi connectivity index (χ3n) is 2.37. The summed E-state index contributed by atoms with van der Waals surface area (Å²) in [6, 6.07) is 5.99. The first kappa shape index (κ1) is 8.30. The second kappa shape index (κ2) is 3.21. The number of aryl methyl sites for hydroxylation is 1. The second-order valence-corrected chi connectivity index (χ2v) is 3.50. The van der Waals surface area contributed by atoms with E-state index in [0.717, 1.165) is 29.8 Å². The Labute approximate surface area is 78.0 Å². The molecule has 0 fully saturated rings. The Kier molecular flexibility index (Phi) is 2.05. The van der Waals surface area contributed by atoms with Crippen molar-refractivity contribution in [3.63, 3.8) is 0 Å². The molecule has 2 nitrogen and oxygen atoms in total. The SMILES string of the molecule is Cc1ccc2c(c1)C(=O)CCCN2. The molecule has 0 aliphatic carbocycles. The van der Waals surface area contributed by atoms with Crippen LogP contribution in [0.1, 0.15) is 28.8 Å². The lowest BCUT2D eigenvalue weighted by Crippen LogP contribution is -2.00. The molecule has 1 aliphatic rings. The third kappa shape index (κ3) is 1.57. The number of carbonyl (C=O) groups excluding carboxylic acids is 1. The number of hydrogen-bond donors (Lipinski definition) is 1. The second-order valence-electron chi connectivity index (χ2n) is 3.50. The van der Waals surface area contributed by atoms with Gasteiger partial charge in [-0.3, -0.25) is 4.79 Å². The molecule has 0 amide bonds. The summed E-state index contributed by atoms with van der Waals surface area (Å²) in [7, 11) is 0. The Morgan fingerprint density at radius 2 is 2.23 bits per heavy atom. The summed E-state index contributed by atoms with van der Waals surface area (Å²) in [5.74, 6) is 0.267. The van der Waals surface area contributed by atoms with E-state index in [1.54, 1.807) is 0 Å². The van der Waals surface area contributed by atoms with Gasteiger partial charge in [0.25, 0.3) is 0 Å². The lowest BCUT2D eigenvalue weighted by molar-refractivity contribution is 0.0983. The molecule has 1 aromatic carbocycles. The van der Waals surface area contributed by atoms with E-state index in [-0.39, 0.29) is 5.78 Å². The van der Waals surface area contributed by atoms with Gasteiger partial charge in [0.2, 0.25) is 0 Å². The maximum Gasteiger partial charge on any atom is 0.165 e. The summed E-state index contributed by atoms with van der Waals surface area (Å²) >= 11 is 0. The highest BCUT2D eigenvalue weighted by Gasteiger charge is 2.14. The fourth-order valence-corrected chi connectivity index (χ4v) is 1.65. The molecule has 0 radical (unpaired) electrons. The van der Waals surface area contributed by atoms with E-state index in [9.17, 15) is 4.79 Å². The molecular weight excluding hydrogens is 162 g/mol. The van der Waals surface area contributed by atoms with Crippen molar-refractivity contribution >= 4 is 11.5 Å². The van der Waals surface area contributed by atoms with Crippen molar-refractivity contribution in [3.8, 4) is 0 Å². The standard InChI is InChI=1S/C11H13NO/c1-8-4-5-10-9(7-8)11(13)3-2-6-12-10/h4-5,7,12H,2-3,6H2,1H3. The van der Waals surface area contributed by atoms with Gasteiger partial charge in [0, 0.05) is 24.2 Å². The van der Waals surface area contributed by atoms with Crippen LogP contribution in [0, 0.1) is 6.92 Å². The highest BCUT2D eigenvalue weighted by atomic mass is 16.1. The Morgan fingerprint density at radius 3 is 3.08 bits per heavy atom. The van der Waals surface area contributed by atoms with E-state index >= 15 is 0 Å². The Balaban J connectivity index is 2.49. The van der Waals surface area contributed by atoms with Crippen molar-refractivity contribution in [1.82, 2.24) is 0 Å². The molecule has 2 heteroatoms. The number of nitrogens with one attached hydrogen (secondary N) is 1. The Hall–Kier alpha value is -1.31. The molecule has 1 heterocycles. The minimum Gasteiger partial charge on any atom is -0.384 e. The molecule has 0 atom stereocenters. The quantitative estimate of drug-likeness (QED) is 0.656. The molecule has 1 N–H and O–H groups in total.